The fraction of sp³-hybridized carbons (Fsp3) is 0.286. The van der Waals surface area contributed by atoms with Crippen LogP contribution in [-0.2, 0) is 24.5 Å². The Bertz CT molecular complexity index is 1040. The number of nitrogens with zero attached hydrogens (tertiary/aromatic N) is 2. The van der Waals surface area contributed by atoms with Gasteiger partial charge in [-0.3, -0.25) is 14.7 Å². The molecular weight excluding hydrogens is 410 g/mol. The largest absolute Gasteiger partial charge is 0.487 e. The number of amides is 1. The van der Waals surface area contributed by atoms with E-state index >= 15 is 0 Å². The quantitative estimate of drug-likeness (QED) is 0.476. The molecule has 0 radical (unpaired) electrons. The van der Waals surface area contributed by atoms with Crippen LogP contribution < -0.4 is 10.1 Å². The zero-order valence-corrected chi connectivity index (χ0v) is 19.0. The molecule has 0 atom stereocenters. The molecule has 1 aliphatic rings. The molecule has 0 unspecified atom stereocenters. The van der Waals surface area contributed by atoms with Crippen molar-refractivity contribution in [2.75, 3.05) is 13.1 Å². The van der Waals surface area contributed by atoms with Gasteiger partial charge < -0.3 is 10.1 Å². The molecule has 1 aliphatic heterocycles. The van der Waals surface area contributed by atoms with Crippen LogP contribution in [0.5, 0.6) is 5.75 Å². The van der Waals surface area contributed by atoms with Gasteiger partial charge in [0.2, 0.25) is 5.91 Å². The Kier molecular flexibility index (Phi) is 8.25. The number of benzene rings is 2. The maximum absolute atomic E-state index is 12.4. The van der Waals surface area contributed by atoms with E-state index in [-0.39, 0.29) is 5.91 Å². The van der Waals surface area contributed by atoms with Crippen LogP contribution in [0.2, 0.25) is 0 Å². The maximum Gasteiger partial charge on any atom is 0.244 e. The molecule has 170 valence electrons. The summed E-state index contributed by atoms with van der Waals surface area (Å²) in [6.45, 7) is 4.24. The molecule has 1 fully saturated rings. The van der Waals surface area contributed by atoms with Crippen molar-refractivity contribution in [1.29, 1.82) is 0 Å². The van der Waals surface area contributed by atoms with Crippen molar-refractivity contribution < 1.29 is 9.53 Å². The van der Waals surface area contributed by atoms with Gasteiger partial charge in [0.15, 0.2) is 0 Å². The molecule has 1 aromatic heterocycles. The van der Waals surface area contributed by atoms with E-state index in [0.717, 1.165) is 36.6 Å². The second-order valence-corrected chi connectivity index (χ2v) is 8.34. The van der Waals surface area contributed by atoms with Crippen LogP contribution in [0.25, 0.3) is 6.08 Å². The molecule has 1 amide bonds. The van der Waals surface area contributed by atoms with Crippen molar-refractivity contribution in [1.82, 2.24) is 15.2 Å². The van der Waals surface area contributed by atoms with Gasteiger partial charge in [0, 0.05) is 25.4 Å². The third-order valence-corrected chi connectivity index (χ3v) is 5.83. The number of hydrogen-bond acceptors (Lipinski definition) is 4. The number of hydrogen-bond donors (Lipinski definition) is 1. The van der Waals surface area contributed by atoms with E-state index in [4.69, 9.17) is 4.74 Å². The van der Waals surface area contributed by atoms with Gasteiger partial charge in [0.25, 0.3) is 0 Å². The first kappa shape index (κ1) is 22.7. The summed E-state index contributed by atoms with van der Waals surface area (Å²) >= 11 is 0. The highest BCUT2D eigenvalue weighted by atomic mass is 16.5. The highest BCUT2D eigenvalue weighted by Crippen LogP contribution is 2.17. The van der Waals surface area contributed by atoms with E-state index in [0.29, 0.717) is 13.2 Å². The molecule has 4 rings (SSSR count). The molecule has 5 heteroatoms. The van der Waals surface area contributed by atoms with Crippen molar-refractivity contribution >= 4 is 12.0 Å². The van der Waals surface area contributed by atoms with Crippen molar-refractivity contribution in [2.24, 2.45) is 0 Å². The Hall–Kier alpha value is -3.44. The lowest BCUT2D eigenvalue weighted by molar-refractivity contribution is -0.116. The Morgan fingerprint density at radius 2 is 1.70 bits per heavy atom. The second-order valence-electron chi connectivity index (χ2n) is 8.34. The average molecular weight is 442 g/mol. The normalized spacial score (nSPS) is 14.3. The van der Waals surface area contributed by atoms with E-state index in [2.05, 4.69) is 33.4 Å². The van der Waals surface area contributed by atoms with E-state index < -0.39 is 0 Å². The zero-order valence-electron chi connectivity index (χ0n) is 19.0. The van der Waals surface area contributed by atoms with Crippen LogP contribution in [0.4, 0.5) is 0 Å². The Morgan fingerprint density at radius 1 is 0.939 bits per heavy atom. The fourth-order valence-corrected chi connectivity index (χ4v) is 3.97. The lowest BCUT2D eigenvalue weighted by atomic mass is 10.0. The van der Waals surface area contributed by atoms with Crippen molar-refractivity contribution in [2.45, 2.75) is 39.0 Å². The van der Waals surface area contributed by atoms with Crippen LogP contribution in [0.15, 0.2) is 79.0 Å². The van der Waals surface area contributed by atoms with Gasteiger partial charge in [-0.25, -0.2) is 0 Å². The van der Waals surface area contributed by atoms with Gasteiger partial charge >= 0.3 is 0 Å². The first-order valence-electron chi connectivity index (χ1n) is 11.6. The maximum atomic E-state index is 12.4. The number of carbonyl (C=O) groups is 1. The molecule has 3 aromatic rings. The predicted molar refractivity (Wildman–Crippen MR) is 131 cm³/mol. The summed E-state index contributed by atoms with van der Waals surface area (Å²) in [5.74, 6) is 0.672. The summed E-state index contributed by atoms with van der Waals surface area (Å²) in [5.41, 5.74) is 4.31. The van der Waals surface area contributed by atoms with Gasteiger partial charge in [-0.1, -0.05) is 48.9 Å². The molecule has 2 aromatic carbocycles. The van der Waals surface area contributed by atoms with Crippen LogP contribution in [0.3, 0.4) is 0 Å². The van der Waals surface area contributed by atoms with Crippen LogP contribution >= 0.6 is 0 Å². The topological polar surface area (TPSA) is 54.5 Å². The molecular formula is C28H31N3O2. The Morgan fingerprint density at radius 3 is 2.45 bits per heavy atom. The van der Waals surface area contributed by atoms with Gasteiger partial charge in [-0.05, 0) is 73.0 Å². The number of ether oxygens (including phenoxy) is 1. The third-order valence-electron chi connectivity index (χ3n) is 5.83. The summed E-state index contributed by atoms with van der Waals surface area (Å²) in [6, 6.07) is 21.8. The van der Waals surface area contributed by atoms with Crippen molar-refractivity contribution in [3.63, 3.8) is 0 Å². The van der Waals surface area contributed by atoms with Gasteiger partial charge in [0.1, 0.15) is 12.4 Å². The minimum Gasteiger partial charge on any atom is -0.487 e. The highest BCUT2D eigenvalue weighted by Gasteiger charge is 2.12. The van der Waals surface area contributed by atoms with Gasteiger partial charge in [-0.2, -0.15) is 0 Å². The SMILES string of the molecule is O=C(/C=C/c1ccc(OCc2ccccn2)cc1)NCc1ccccc1CN1CCCCC1. The molecule has 0 aliphatic carbocycles. The molecule has 0 saturated carbocycles. The minimum absolute atomic E-state index is 0.0988. The number of pyridine rings is 1. The van der Waals surface area contributed by atoms with Crippen molar-refractivity contribution in [3.8, 4) is 5.75 Å². The smallest absolute Gasteiger partial charge is 0.244 e. The zero-order chi connectivity index (χ0) is 22.7. The summed E-state index contributed by atoms with van der Waals surface area (Å²) in [5, 5.41) is 3.02. The monoisotopic (exact) mass is 441 g/mol. The van der Waals surface area contributed by atoms with Crippen LogP contribution in [0.1, 0.15) is 41.6 Å². The van der Waals surface area contributed by atoms with E-state index in [9.17, 15) is 4.79 Å². The first-order valence-corrected chi connectivity index (χ1v) is 11.6. The standard InChI is InChI=1S/C28H31N3O2/c32-28(30-20-24-8-2-3-9-25(24)21-31-18-6-1-7-19-31)16-13-23-11-14-27(15-12-23)33-22-26-10-4-5-17-29-26/h2-5,8-17H,1,6-7,18-22H2,(H,30,32)/b16-13+. The average Bonchev–Trinajstić information content (AvgIpc) is 2.87. The number of rotatable bonds is 9. The van der Waals surface area contributed by atoms with E-state index in [1.807, 2.05) is 54.6 Å². The lowest BCUT2D eigenvalue weighted by Gasteiger charge is -2.27. The van der Waals surface area contributed by atoms with Crippen LogP contribution in [0, 0.1) is 0 Å². The molecule has 33 heavy (non-hydrogen) atoms. The summed E-state index contributed by atoms with van der Waals surface area (Å²) < 4.78 is 5.76. The third kappa shape index (κ3) is 7.29. The van der Waals surface area contributed by atoms with Crippen LogP contribution in [-0.4, -0.2) is 28.9 Å². The number of nitrogens with one attached hydrogen (secondary N) is 1. The number of carbonyl (C=O) groups excluding carboxylic acids is 1. The summed E-state index contributed by atoms with van der Waals surface area (Å²) in [6.07, 6.45) is 9.04. The predicted octanol–water partition coefficient (Wildman–Crippen LogP) is 4.98. The molecule has 0 bridgehead atoms. The van der Waals surface area contributed by atoms with Gasteiger partial charge in [0.05, 0.1) is 5.69 Å². The molecule has 2 heterocycles. The minimum atomic E-state index is -0.0988. The fourth-order valence-electron chi connectivity index (χ4n) is 3.97. The van der Waals surface area contributed by atoms with Gasteiger partial charge in [-0.15, -0.1) is 0 Å². The van der Waals surface area contributed by atoms with E-state index in [1.54, 1.807) is 12.3 Å². The number of piperidine rings is 1. The first-order chi connectivity index (χ1) is 16.3. The highest BCUT2D eigenvalue weighted by molar-refractivity contribution is 5.91. The molecule has 5 nitrogen and oxygen atoms in total. The molecule has 1 N–H and O–H groups in total. The Balaban J connectivity index is 1.25. The molecule has 0 spiro atoms. The summed E-state index contributed by atoms with van der Waals surface area (Å²) in [7, 11) is 0. The van der Waals surface area contributed by atoms with Crippen molar-refractivity contribution in [3.05, 3.63) is 101 Å². The van der Waals surface area contributed by atoms with E-state index in [1.165, 1.54) is 30.4 Å². The lowest BCUT2D eigenvalue weighted by Crippen LogP contribution is -2.30. The summed E-state index contributed by atoms with van der Waals surface area (Å²) in [4.78, 5) is 19.1. The number of likely N-dealkylation sites (tertiary alicyclic amines) is 1. The second kappa shape index (κ2) is 12.0. The molecule has 1 saturated heterocycles. The Labute approximate surface area is 196 Å². The number of aromatic nitrogens is 1.